The van der Waals surface area contributed by atoms with Crippen molar-refractivity contribution in [3.05, 3.63) is 73.6 Å². The Balaban J connectivity index is 2.00. The lowest BCUT2D eigenvalue weighted by Gasteiger charge is -2.10. The maximum absolute atomic E-state index is 12.4. The van der Waals surface area contributed by atoms with Gasteiger partial charge in [0.25, 0.3) is 5.91 Å². The van der Waals surface area contributed by atoms with E-state index in [1.807, 2.05) is 0 Å². The van der Waals surface area contributed by atoms with E-state index in [1.165, 1.54) is 6.07 Å². The highest BCUT2D eigenvalue weighted by atomic mass is 35.5. The number of amides is 1. The maximum atomic E-state index is 12.4. The fourth-order valence-electron chi connectivity index (χ4n) is 2.15. The Kier molecular flexibility index (Phi) is 4.31. The molecule has 2 N–H and O–H groups in total. The van der Waals surface area contributed by atoms with Gasteiger partial charge in [0, 0.05) is 12.3 Å². The van der Waals surface area contributed by atoms with E-state index in [2.05, 4.69) is 10.3 Å². The number of H-pyrrole nitrogens is 1. The molecule has 0 aliphatic heterocycles. The Bertz CT molecular complexity index is 983. The van der Waals surface area contributed by atoms with Gasteiger partial charge in [-0.15, -0.1) is 0 Å². The summed E-state index contributed by atoms with van der Waals surface area (Å²) in [4.78, 5) is 26.3. The predicted molar refractivity (Wildman–Crippen MR) is 94.0 cm³/mol. The van der Waals surface area contributed by atoms with Crippen molar-refractivity contribution < 1.29 is 4.79 Å². The molecule has 3 rings (SSSR count). The lowest BCUT2D eigenvalue weighted by molar-refractivity contribution is 0.102. The third-order valence-electron chi connectivity index (χ3n) is 3.27. The number of rotatable bonds is 2. The highest BCUT2D eigenvalue weighted by Crippen LogP contribution is 2.30. The SMILES string of the molecule is O=C(Nc1cc2cc(=O)[nH]cc2cc1Cl)c1cccc(Cl)c1Cl. The molecule has 0 saturated heterocycles. The molecule has 0 radical (unpaired) electrons. The Hall–Kier alpha value is -2.01. The fourth-order valence-corrected chi connectivity index (χ4v) is 2.76. The van der Waals surface area contributed by atoms with Gasteiger partial charge in [-0.1, -0.05) is 40.9 Å². The van der Waals surface area contributed by atoms with Gasteiger partial charge in [-0.05, 0) is 35.0 Å². The summed E-state index contributed by atoms with van der Waals surface area (Å²) in [6.45, 7) is 0. The van der Waals surface area contributed by atoms with Crippen molar-refractivity contribution in [2.75, 3.05) is 5.32 Å². The van der Waals surface area contributed by atoms with Gasteiger partial charge in [0.15, 0.2) is 0 Å². The molecule has 7 heteroatoms. The first-order chi connectivity index (χ1) is 11.0. The lowest BCUT2D eigenvalue weighted by Crippen LogP contribution is -2.13. The van der Waals surface area contributed by atoms with E-state index in [-0.39, 0.29) is 21.2 Å². The first kappa shape index (κ1) is 15.9. The van der Waals surface area contributed by atoms with Crippen molar-refractivity contribution in [2.24, 2.45) is 0 Å². The number of pyridine rings is 1. The van der Waals surface area contributed by atoms with Crippen LogP contribution >= 0.6 is 34.8 Å². The topological polar surface area (TPSA) is 62.0 Å². The quantitative estimate of drug-likeness (QED) is 0.687. The van der Waals surface area contributed by atoms with Crippen LogP contribution in [0.5, 0.6) is 0 Å². The lowest BCUT2D eigenvalue weighted by atomic mass is 10.1. The zero-order chi connectivity index (χ0) is 16.6. The van der Waals surface area contributed by atoms with Gasteiger partial charge in [0.2, 0.25) is 5.56 Å². The van der Waals surface area contributed by atoms with Gasteiger partial charge in [0.1, 0.15) is 0 Å². The Morgan fingerprint density at radius 1 is 1.00 bits per heavy atom. The highest BCUT2D eigenvalue weighted by Gasteiger charge is 2.14. The summed E-state index contributed by atoms with van der Waals surface area (Å²) in [6, 6.07) is 9.49. The number of aromatic nitrogens is 1. The Labute approximate surface area is 146 Å². The number of carbonyl (C=O) groups is 1. The summed E-state index contributed by atoms with van der Waals surface area (Å²) < 4.78 is 0. The van der Waals surface area contributed by atoms with Crippen molar-refractivity contribution in [2.45, 2.75) is 0 Å². The molecular formula is C16H9Cl3N2O2. The van der Waals surface area contributed by atoms with Gasteiger partial charge >= 0.3 is 0 Å². The van der Waals surface area contributed by atoms with Crippen LogP contribution in [0, 0.1) is 0 Å². The Morgan fingerprint density at radius 3 is 2.57 bits per heavy atom. The number of halogens is 3. The largest absolute Gasteiger partial charge is 0.328 e. The minimum Gasteiger partial charge on any atom is -0.328 e. The molecule has 3 aromatic rings. The minimum absolute atomic E-state index is 0.167. The van der Waals surface area contributed by atoms with Crippen LogP contribution in [-0.2, 0) is 0 Å². The molecule has 0 saturated carbocycles. The second-order valence-corrected chi connectivity index (χ2v) is 6.01. The van der Waals surface area contributed by atoms with Crippen molar-refractivity contribution in [1.29, 1.82) is 0 Å². The number of carbonyl (C=O) groups excluding carboxylic acids is 1. The molecule has 0 aliphatic rings. The maximum Gasteiger partial charge on any atom is 0.257 e. The second kappa shape index (κ2) is 6.24. The molecule has 2 aromatic carbocycles. The molecule has 116 valence electrons. The minimum atomic E-state index is -0.441. The molecule has 0 spiro atoms. The van der Waals surface area contributed by atoms with Crippen molar-refractivity contribution in [3.63, 3.8) is 0 Å². The summed E-state index contributed by atoms with van der Waals surface area (Å²) in [5.41, 5.74) is 0.377. The van der Waals surface area contributed by atoms with Crippen LogP contribution < -0.4 is 10.9 Å². The summed E-state index contributed by atoms with van der Waals surface area (Å²) in [5.74, 6) is -0.441. The molecule has 1 heterocycles. The average molecular weight is 368 g/mol. The third kappa shape index (κ3) is 3.20. The number of nitrogens with one attached hydrogen (secondary N) is 2. The van der Waals surface area contributed by atoms with Crippen LogP contribution in [0.25, 0.3) is 10.8 Å². The van der Waals surface area contributed by atoms with Gasteiger partial charge in [-0.3, -0.25) is 9.59 Å². The average Bonchev–Trinajstić information content (AvgIpc) is 2.51. The van der Waals surface area contributed by atoms with Crippen LogP contribution in [0.1, 0.15) is 10.4 Å². The monoisotopic (exact) mass is 366 g/mol. The zero-order valence-corrected chi connectivity index (χ0v) is 13.8. The molecule has 0 atom stereocenters. The standard InChI is InChI=1S/C16H9Cl3N2O2/c17-11-3-1-2-10(15(11)19)16(23)21-13-5-8-6-14(22)20-7-9(8)4-12(13)18/h1-7H,(H,20,22)(H,21,23). The summed E-state index contributed by atoms with van der Waals surface area (Å²) in [7, 11) is 0. The van der Waals surface area contributed by atoms with Crippen molar-refractivity contribution >= 4 is 57.2 Å². The number of hydrogen-bond acceptors (Lipinski definition) is 2. The second-order valence-electron chi connectivity index (χ2n) is 4.81. The predicted octanol–water partition coefficient (Wildman–Crippen LogP) is 4.74. The van der Waals surface area contributed by atoms with Gasteiger partial charge in [-0.25, -0.2) is 0 Å². The van der Waals surface area contributed by atoms with Gasteiger partial charge < -0.3 is 10.3 Å². The number of aromatic amines is 1. The van der Waals surface area contributed by atoms with Gasteiger partial charge in [0.05, 0.1) is 26.3 Å². The number of benzene rings is 2. The van der Waals surface area contributed by atoms with E-state index in [1.54, 1.807) is 36.5 Å². The first-order valence-corrected chi connectivity index (χ1v) is 7.66. The van der Waals surface area contributed by atoms with Crippen LogP contribution in [-0.4, -0.2) is 10.9 Å². The zero-order valence-electron chi connectivity index (χ0n) is 11.5. The molecule has 0 bridgehead atoms. The number of anilines is 1. The van der Waals surface area contributed by atoms with Crippen LogP contribution in [0.4, 0.5) is 5.69 Å². The summed E-state index contributed by atoms with van der Waals surface area (Å²) >= 11 is 18.1. The van der Waals surface area contributed by atoms with Crippen LogP contribution in [0.2, 0.25) is 15.1 Å². The molecule has 0 fully saturated rings. The summed E-state index contributed by atoms with van der Waals surface area (Å²) in [6.07, 6.45) is 1.56. The molecule has 4 nitrogen and oxygen atoms in total. The van der Waals surface area contributed by atoms with E-state index in [0.717, 1.165) is 5.39 Å². The van der Waals surface area contributed by atoms with Crippen LogP contribution in [0.3, 0.4) is 0 Å². The molecular weight excluding hydrogens is 359 g/mol. The molecule has 0 aliphatic carbocycles. The fraction of sp³-hybridized carbons (Fsp3) is 0. The molecule has 1 amide bonds. The molecule has 23 heavy (non-hydrogen) atoms. The molecule has 1 aromatic heterocycles. The van der Waals surface area contributed by atoms with E-state index >= 15 is 0 Å². The number of fused-ring (bicyclic) bond motifs is 1. The van der Waals surface area contributed by atoms with Crippen LogP contribution in [0.15, 0.2) is 47.4 Å². The highest BCUT2D eigenvalue weighted by molar-refractivity contribution is 6.44. The third-order valence-corrected chi connectivity index (χ3v) is 4.41. The normalized spacial score (nSPS) is 10.7. The van der Waals surface area contributed by atoms with Crippen molar-refractivity contribution in [1.82, 2.24) is 4.98 Å². The van der Waals surface area contributed by atoms with E-state index in [4.69, 9.17) is 34.8 Å². The smallest absolute Gasteiger partial charge is 0.257 e. The Morgan fingerprint density at radius 2 is 1.78 bits per heavy atom. The number of hydrogen-bond donors (Lipinski definition) is 2. The van der Waals surface area contributed by atoms with E-state index < -0.39 is 5.91 Å². The molecule has 0 unspecified atom stereocenters. The van der Waals surface area contributed by atoms with E-state index in [0.29, 0.717) is 16.1 Å². The van der Waals surface area contributed by atoms with Gasteiger partial charge in [-0.2, -0.15) is 0 Å². The summed E-state index contributed by atoms with van der Waals surface area (Å²) in [5, 5.41) is 4.89. The first-order valence-electron chi connectivity index (χ1n) is 6.53. The van der Waals surface area contributed by atoms with E-state index in [9.17, 15) is 9.59 Å². The van der Waals surface area contributed by atoms with Crippen molar-refractivity contribution in [3.8, 4) is 0 Å².